The predicted molar refractivity (Wildman–Crippen MR) is 62.7 cm³/mol. The molecule has 0 aromatic rings. The lowest BCUT2D eigenvalue weighted by Crippen LogP contribution is -2.59. The van der Waals surface area contributed by atoms with Gasteiger partial charge in [-0.3, -0.25) is 9.00 Å². The molecule has 6 heteroatoms. The Morgan fingerprint density at radius 1 is 1.53 bits per heavy atom. The Labute approximate surface area is 98.6 Å². The van der Waals surface area contributed by atoms with E-state index in [9.17, 15) is 9.00 Å². The SMILES string of the molecule is CC1CS(=O)CCN1C(=O)[C@H]1CCN1.Cl. The molecule has 15 heavy (non-hydrogen) atoms. The van der Waals surface area contributed by atoms with Crippen LogP contribution in [-0.2, 0) is 15.6 Å². The highest BCUT2D eigenvalue weighted by atomic mass is 35.5. The zero-order valence-corrected chi connectivity index (χ0v) is 10.4. The van der Waals surface area contributed by atoms with Crippen LogP contribution >= 0.6 is 12.4 Å². The standard InChI is InChI=1S/C9H16N2O2S.ClH/c1-7-6-14(13)5-4-11(7)9(12)8-2-3-10-8;/h7-8,10H,2-6H2,1H3;1H/t7?,8-,14?;/m1./s1. The molecule has 4 nitrogen and oxygen atoms in total. The zero-order chi connectivity index (χ0) is 10.1. The van der Waals surface area contributed by atoms with E-state index < -0.39 is 10.8 Å². The number of rotatable bonds is 1. The molecule has 2 rings (SSSR count). The van der Waals surface area contributed by atoms with E-state index in [1.165, 1.54) is 0 Å². The first kappa shape index (κ1) is 12.9. The van der Waals surface area contributed by atoms with Gasteiger partial charge >= 0.3 is 0 Å². The molecule has 1 N–H and O–H groups in total. The van der Waals surface area contributed by atoms with Crippen molar-refractivity contribution in [3.8, 4) is 0 Å². The molecule has 88 valence electrons. The molecule has 2 saturated heterocycles. The van der Waals surface area contributed by atoms with Crippen molar-refractivity contribution in [3.05, 3.63) is 0 Å². The van der Waals surface area contributed by atoms with Crippen molar-refractivity contribution in [1.29, 1.82) is 0 Å². The summed E-state index contributed by atoms with van der Waals surface area (Å²) in [5.74, 6) is 1.47. The van der Waals surface area contributed by atoms with Crippen LogP contribution in [0.15, 0.2) is 0 Å². The average molecular weight is 253 g/mol. The summed E-state index contributed by atoms with van der Waals surface area (Å²) in [6.07, 6.45) is 0.950. The highest BCUT2D eigenvalue weighted by Crippen LogP contribution is 2.13. The summed E-state index contributed by atoms with van der Waals surface area (Å²) in [5.41, 5.74) is 0. The fourth-order valence-electron chi connectivity index (χ4n) is 1.89. The number of amides is 1. The zero-order valence-electron chi connectivity index (χ0n) is 8.77. The number of nitrogens with zero attached hydrogens (tertiary/aromatic N) is 1. The van der Waals surface area contributed by atoms with Crippen molar-refractivity contribution < 1.29 is 9.00 Å². The van der Waals surface area contributed by atoms with Crippen LogP contribution in [0.4, 0.5) is 0 Å². The summed E-state index contributed by atoms with van der Waals surface area (Å²) in [7, 11) is -0.719. The van der Waals surface area contributed by atoms with E-state index in [-0.39, 0.29) is 30.4 Å². The molecule has 0 aromatic heterocycles. The van der Waals surface area contributed by atoms with E-state index >= 15 is 0 Å². The van der Waals surface area contributed by atoms with E-state index in [0.717, 1.165) is 13.0 Å². The van der Waals surface area contributed by atoms with Crippen LogP contribution in [0, 0.1) is 0 Å². The molecular formula is C9H17ClN2O2S. The van der Waals surface area contributed by atoms with Crippen molar-refractivity contribution in [1.82, 2.24) is 10.2 Å². The second kappa shape index (κ2) is 5.27. The summed E-state index contributed by atoms with van der Waals surface area (Å²) < 4.78 is 11.3. The van der Waals surface area contributed by atoms with Gasteiger partial charge in [0.25, 0.3) is 0 Å². The first-order chi connectivity index (χ1) is 6.68. The Kier molecular flexibility index (Phi) is 4.55. The molecule has 1 amide bonds. The van der Waals surface area contributed by atoms with Crippen LogP contribution in [0.25, 0.3) is 0 Å². The van der Waals surface area contributed by atoms with Gasteiger partial charge in [-0.25, -0.2) is 0 Å². The van der Waals surface area contributed by atoms with Crippen LogP contribution in [0.2, 0.25) is 0 Å². The number of nitrogens with one attached hydrogen (secondary N) is 1. The van der Waals surface area contributed by atoms with E-state index in [2.05, 4.69) is 5.32 Å². The van der Waals surface area contributed by atoms with E-state index in [1.54, 1.807) is 0 Å². The molecule has 2 aliphatic rings. The fourth-order valence-corrected chi connectivity index (χ4v) is 3.17. The highest BCUT2D eigenvalue weighted by molar-refractivity contribution is 7.85. The molecule has 0 bridgehead atoms. The lowest BCUT2D eigenvalue weighted by Gasteiger charge is -2.38. The first-order valence-electron chi connectivity index (χ1n) is 5.07. The molecule has 2 unspecified atom stereocenters. The van der Waals surface area contributed by atoms with Gasteiger partial charge in [-0.15, -0.1) is 12.4 Å². The second-order valence-corrected chi connectivity index (χ2v) is 5.61. The van der Waals surface area contributed by atoms with E-state index in [0.29, 0.717) is 18.1 Å². The van der Waals surface area contributed by atoms with Gasteiger partial charge in [0, 0.05) is 34.9 Å². The van der Waals surface area contributed by atoms with E-state index in [1.807, 2.05) is 11.8 Å². The van der Waals surface area contributed by atoms with Gasteiger partial charge < -0.3 is 10.2 Å². The van der Waals surface area contributed by atoms with Gasteiger partial charge in [-0.1, -0.05) is 0 Å². The quantitative estimate of drug-likeness (QED) is 0.700. The minimum absolute atomic E-state index is 0. The molecular weight excluding hydrogens is 236 g/mol. The van der Waals surface area contributed by atoms with Crippen molar-refractivity contribution in [2.45, 2.75) is 25.4 Å². The monoisotopic (exact) mass is 252 g/mol. The minimum Gasteiger partial charge on any atom is -0.337 e. The average Bonchev–Trinajstić information content (AvgIpc) is 2.00. The first-order valence-corrected chi connectivity index (χ1v) is 6.56. The van der Waals surface area contributed by atoms with Gasteiger partial charge in [-0.05, 0) is 19.9 Å². The van der Waals surface area contributed by atoms with Gasteiger partial charge in [0.1, 0.15) is 0 Å². The summed E-state index contributed by atoms with van der Waals surface area (Å²) in [5, 5.41) is 3.11. The Balaban J connectivity index is 0.00000112. The third-order valence-electron chi connectivity index (χ3n) is 2.92. The van der Waals surface area contributed by atoms with Crippen molar-refractivity contribution in [3.63, 3.8) is 0 Å². The molecule has 0 aliphatic carbocycles. The Bertz CT molecular complexity index is 271. The van der Waals surface area contributed by atoms with Gasteiger partial charge in [0.15, 0.2) is 0 Å². The number of carbonyl (C=O) groups excluding carboxylic acids is 1. The number of hydrogen-bond donors (Lipinski definition) is 1. The summed E-state index contributed by atoms with van der Waals surface area (Å²) in [6, 6.07) is 0.170. The van der Waals surface area contributed by atoms with Crippen LogP contribution in [0.1, 0.15) is 13.3 Å². The van der Waals surface area contributed by atoms with Crippen molar-refractivity contribution in [2.75, 3.05) is 24.6 Å². The van der Waals surface area contributed by atoms with Gasteiger partial charge in [-0.2, -0.15) is 0 Å². The normalized spacial score (nSPS) is 35.3. The largest absolute Gasteiger partial charge is 0.337 e. The maximum atomic E-state index is 11.9. The van der Waals surface area contributed by atoms with Crippen LogP contribution in [-0.4, -0.2) is 51.7 Å². The topological polar surface area (TPSA) is 49.4 Å². The van der Waals surface area contributed by atoms with Crippen LogP contribution < -0.4 is 5.32 Å². The summed E-state index contributed by atoms with van der Waals surface area (Å²) >= 11 is 0. The van der Waals surface area contributed by atoms with Crippen LogP contribution in [0.3, 0.4) is 0 Å². The smallest absolute Gasteiger partial charge is 0.240 e. The molecule has 0 saturated carbocycles. The summed E-state index contributed by atoms with van der Waals surface area (Å²) in [6.45, 7) is 3.59. The lowest BCUT2D eigenvalue weighted by molar-refractivity contribution is -0.136. The molecule has 2 heterocycles. The maximum Gasteiger partial charge on any atom is 0.240 e. The third kappa shape index (κ3) is 2.71. The number of halogens is 1. The van der Waals surface area contributed by atoms with Gasteiger partial charge in [0.2, 0.25) is 5.91 Å². The van der Waals surface area contributed by atoms with Crippen LogP contribution in [0.5, 0.6) is 0 Å². The molecule has 2 aliphatic heterocycles. The Hall–Kier alpha value is -0.130. The lowest BCUT2D eigenvalue weighted by atomic mass is 10.1. The molecule has 2 fully saturated rings. The molecule has 0 spiro atoms. The highest BCUT2D eigenvalue weighted by Gasteiger charge is 2.33. The summed E-state index contributed by atoms with van der Waals surface area (Å²) in [4.78, 5) is 13.7. The number of hydrogen-bond acceptors (Lipinski definition) is 3. The van der Waals surface area contributed by atoms with E-state index in [4.69, 9.17) is 0 Å². The minimum atomic E-state index is -0.719. The predicted octanol–water partition coefficient (Wildman–Crippen LogP) is -0.250. The van der Waals surface area contributed by atoms with Crippen molar-refractivity contribution >= 4 is 29.1 Å². The molecule has 0 aromatic carbocycles. The van der Waals surface area contributed by atoms with Crippen molar-refractivity contribution in [2.24, 2.45) is 0 Å². The Morgan fingerprint density at radius 2 is 2.20 bits per heavy atom. The third-order valence-corrected chi connectivity index (χ3v) is 4.42. The number of carbonyl (C=O) groups is 1. The second-order valence-electron chi connectivity index (χ2n) is 3.99. The van der Waals surface area contributed by atoms with Gasteiger partial charge in [0.05, 0.1) is 6.04 Å². The molecule has 3 atom stereocenters. The molecule has 0 radical (unpaired) electrons. The Morgan fingerprint density at radius 3 is 2.67 bits per heavy atom. The fraction of sp³-hybridized carbons (Fsp3) is 0.889. The maximum absolute atomic E-state index is 11.9.